The second-order valence-electron chi connectivity index (χ2n) is 17.4. The molecule has 0 radical (unpaired) electrons. The van der Waals surface area contributed by atoms with Gasteiger partial charge in [-0.3, -0.25) is 4.57 Å². The molecule has 338 valence electrons. The minimum Gasteiger partial charge on any atom is -0.439 e. The van der Waals surface area contributed by atoms with Crippen LogP contribution in [0, 0.1) is 0 Å². The van der Waals surface area contributed by atoms with Gasteiger partial charge in [-0.15, -0.1) is 0 Å². The van der Waals surface area contributed by atoms with E-state index < -0.39 is 16.1 Å². The van der Waals surface area contributed by atoms with Crippen LogP contribution in [0.3, 0.4) is 0 Å². The first-order valence-corrected chi connectivity index (χ1v) is 27.7. The number of fused-ring (bicyclic) bond motifs is 3. The molecule has 0 spiro atoms. The number of benzene rings is 8. The van der Waals surface area contributed by atoms with E-state index >= 15 is 0 Å². The van der Waals surface area contributed by atoms with Gasteiger partial charge in [0.25, 0.3) is 0 Å². The minimum atomic E-state index is -3.11. The smallest absolute Gasteiger partial charge is 0.234 e. The highest BCUT2D eigenvalue weighted by Crippen LogP contribution is 2.32. The minimum absolute atomic E-state index is 0.543. The van der Waals surface area contributed by atoms with Crippen molar-refractivity contribution >= 4 is 79.4 Å². The summed E-state index contributed by atoms with van der Waals surface area (Å²) in [7, 11) is -6.22. The van der Waals surface area contributed by atoms with Gasteiger partial charge >= 0.3 is 0 Å². The van der Waals surface area contributed by atoms with Crippen molar-refractivity contribution in [1.82, 2.24) is 24.5 Å². The second kappa shape index (κ2) is 18.8. The summed E-state index contributed by atoms with van der Waals surface area (Å²) in [5.74, 6) is 3.13. The SMILES string of the molecule is c1ccc([Si](c2ccccc2)(c2cccc(Oc3ccccn3)c2)c2ccc3c4ccc([Si](c5ccccc5)(c5ccccc5)c5cccc(Oc6ccccn6)c5)cc4n(-c4ncccn4)c3c2)cc1. The van der Waals surface area contributed by atoms with Crippen LogP contribution < -0.4 is 51.0 Å². The number of pyridine rings is 2. The Morgan fingerprint density at radius 3 is 1.01 bits per heavy atom. The molecule has 71 heavy (non-hydrogen) atoms. The van der Waals surface area contributed by atoms with E-state index in [9.17, 15) is 0 Å². The van der Waals surface area contributed by atoms with E-state index in [1.807, 2.05) is 67.0 Å². The Kier molecular flexibility index (Phi) is 11.5. The monoisotopic (exact) mass is 947 g/mol. The van der Waals surface area contributed by atoms with Gasteiger partial charge in [-0.2, -0.15) is 0 Å². The number of nitrogens with zero attached hydrogens (tertiary/aromatic N) is 5. The van der Waals surface area contributed by atoms with Crippen molar-refractivity contribution in [2.24, 2.45) is 0 Å². The van der Waals surface area contributed by atoms with Crippen molar-refractivity contribution in [3.8, 4) is 29.2 Å². The zero-order chi connectivity index (χ0) is 47.5. The van der Waals surface area contributed by atoms with Crippen molar-refractivity contribution < 1.29 is 9.47 Å². The fourth-order valence-electron chi connectivity index (χ4n) is 10.5. The summed E-state index contributed by atoms with van der Waals surface area (Å²) in [5.41, 5.74) is 2.03. The van der Waals surface area contributed by atoms with Crippen LogP contribution in [-0.2, 0) is 0 Å². The van der Waals surface area contributed by atoms with Gasteiger partial charge in [0.2, 0.25) is 17.7 Å². The van der Waals surface area contributed by atoms with Gasteiger partial charge in [0.05, 0.1) is 11.0 Å². The van der Waals surface area contributed by atoms with Crippen molar-refractivity contribution in [1.29, 1.82) is 0 Å². The second-order valence-corrected chi connectivity index (χ2v) is 25.0. The van der Waals surface area contributed by atoms with Crippen LogP contribution in [0.5, 0.6) is 23.3 Å². The molecular weight excluding hydrogens is 903 g/mol. The Balaban J connectivity index is 1.13. The molecule has 0 unspecified atom stereocenters. The van der Waals surface area contributed by atoms with Crippen LogP contribution in [0.1, 0.15) is 0 Å². The van der Waals surface area contributed by atoms with Gasteiger partial charge in [-0.25, -0.2) is 19.9 Å². The first-order chi connectivity index (χ1) is 35.2. The van der Waals surface area contributed by atoms with Crippen molar-refractivity contribution in [3.05, 3.63) is 274 Å². The van der Waals surface area contributed by atoms with Crippen molar-refractivity contribution in [2.45, 2.75) is 0 Å². The van der Waals surface area contributed by atoms with Crippen LogP contribution >= 0.6 is 0 Å². The fourth-order valence-corrected chi connectivity index (χ4v) is 20.1. The number of hydrogen-bond donors (Lipinski definition) is 0. The lowest BCUT2D eigenvalue weighted by Gasteiger charge is -2.34. The molecule has 0 N–H and O–H groups in total. The maximum Gasteiger partial charge on any atom is 0.234 e. The van der Waals surface area contributed by atoms with E-state index in [4.69, 9.17) is 19.4 Å². The van der Waals surface area contributed by atoms with Crippen LogP contribution in [-0.4, -0.2) is 40.7 Å². The van der Waals surface area contributed by atoms with E-state index in [0.717, 1.165) is 33.3 Å². The van der Waals surface area contributed by atoms with Crippen molar-refractivity contribution in [2.75, 3.05) is 0 Å². The molecule has 0 aliphatic rings. The van der Waals surface area contributed by atoms with Gasteiger partial charge in [0, 0.05) is 47.7 Å². The molecule has 0 saturated heterocycles. The zero-order valence-electron chi connectivity index (χ0n) is 38.5. The predicted molar refractivity (Wildman–Crippen MR) is 292 cm³/mol. The Morgan fingerprint density at radius 2 is 0.634 bits per heavy atom. The zero-order valence-corrected chi connectivity index (χ0v) is 40.5. The average Bonchev–Trinajstić information content (AvgIpc) is 3.77. The third kappa shape index (κ3) is 7.79. The molecule has 4 aromatic heterocycles. The summed E-state index contributed by atoms with van der Waals surface area (Å²) < 4.78 is 15.2. The Hall–Kier alpha value is -9.03. The number of rotatable bonds is 13. The summed E-state index contributed by atoms with van der Waals surface area (Å²) in [6, 6.07) is 88.5. The van der Waals surface area contributed by atoms with E-state index in [1.54, 1.807) is 12.4 Å². The van der Waals surface area contributed by atoms with Gasteiger partial charge in [0.15, 0.2) is 16.1 Å². The highest BCUT2D eigenvalue weighted by molar-refractivity contribution is 7.20. The molecule has 12 aromatic rings. The molecule has 0 amide bonds. The third-order valence-electron chi connectivity index (χ3n) is 13.5. The van der Waals surface area contributed by atoms with Gasteiger partial charge in [-0.05, 0) is 96.1 Å². The number of aromatic nitrogens is 5. The standard InChI is InChI=1S/C62H45N5O2Si2/c1-5-22-48(23-6-1)70(49-24-7-2-8-25-49,52-30-17-20-46(42-52)68-60-32-13-15-38-63-60)54-34-36-56-57-37-35-55(45-59(57)67(58(56)44-54)62-65-40-19-41-66-62)71(50-26-9-3-10-27-50,51-28-11-4-12-29-51)53-31-18-21-47(43-53)69-61-33-14-16-39-64-61/h1-45H. The molecular formula is C62H45N5O2Si2. The molecule has 8 aromatic carbocycles. The summed E-state index contributed by atoms with van der Waals surface area (Å²) in [5, 5.41) is 12.0. The molecule has 12 rings (SSSR count). The predicted octanol–water partition coefficient (Wildman–Crippen LogP) is 8.70. The first kappa shape index (κ1) is 43.3. The van der Waals surface area contributed by atoms with Gasteiger partial charge < -0.3 is 9.47 Å². The third-order valence-corrected chi connectivity index (χ3v) is 23.0. The summed E-state index contributed by atoms with van der Waals surface area (Å²) in [4.78, 5) is 19.0. The average molecular weight is 948 g/mol. The van der Waals surface area contributed by atoms with Crippen LogP contribution in [0.2, 0.25) is 0 Å². The maximum atomic E-state index is 6.46. The topological polar surface area (TPSA) is 75.0 Å². The Labute approximate surface area is 414 Å². The maximum absolute atomic E-state index is 6.46. The Bertz CT molecular complexity index is 3450. The lowest BCUT2D eigenvalue weighted by molar-refractivity contribution is 0.463. The molecule has 9 heteroatoms. The number of ether oxygens (including phenoxy) is 2. The molecule has 0 aliphatic carbocycles. The molecule has 0 fully saturated rings. The normalized spacial score (nSPS) is 11.7. The van der Waals surface area contributed by atoms with Gasteiger partial charge in [-0.1, -0.05) is 182 Å². The fraction of sp³-hybridized carbons (Fsp3) is 0. The molecule has 0 atom stereocenters. The highest BCUT2D eigenvalue weighted by atomic mass is 28.3. The van der Waals surface area contributed by atoms with E-state index in [2.05, 4.69) is 209 Å². The summed E-state index contributed by atoms with van der Waals surface area (Å²) in [6.07, 6.45) is 7.16. The number of hydrogen-bond acceptors (Lipinski definition) is 6. The molecule has 0 aliphatic heterocycles. The lowest BCUT2D eigenvalue weighted by Crippen LogP contribution is -2.74. The molecule has 7 nitrogen and oxygen atoms in total. The quantitative estimate of drug-likeness (QED) is 0.0852. The molecule has 0 bridgehead atoms. The van der Waals surface area contributed by atoms with E-state index in [1.165, 1.54) is 41.5 Å². The van der Waals surface area contributed by atoms with E-state index in [-0.39, 0.29) is 0 Å². The molecule has 0 saturated carbocycles. The van der Waals surface area contributed by atoms with Crippen LogP contribution in [0.25, 0.3) is 27.8 Å². The van der Waals surface area contributed by atoms with Crippen molar-refractivity contribution in [3.63, 3.8) is 0 Å². The first-order valence-electron chi connectivity index (χ1n) is 23.7. The summed E-state index contributed by atoms with van der Waals surface area (Å²) >= 11 is 0. The molecule has 4 heterocycles. The lowest BCUT2D eigenvalue weighted by atomic mass is 10.1. The Morgan fingerprint density at radius 1 is 0.282 bits per heavy atom. The summed E-state index contributed by atoms with van der Waals surface area (Å²) in [6.45, 7) is 0. The van der Waals surface area contributed by atoms with E-state index in [0.29, 0.717) is 17.7 Å². The largest absolute Gasteiger partial charge is 0.439 e. The van der Waals surface area contributed by atoms with Gasteiger partial charge in [0.1, 0.15) is 11.5 Å². The van der Waals surface area contributed by atoms with Crippen LogP contribution in [0.4, 0.5) is 0 Å². The highest BCUT2D eigenvalue weighted by Gasteiger charge is 2.44. The van der Waals surface area contributed by atoms with Crippen LogP contribution in [0.15, 0.2) is 274 Å².